The van der Waals surface area contributed by atoms with Crippen molar-refractivity contribution in [2.24, 2.45) is 0 Å². The van der Waals surface area contributed by atoms with Gasteiger partial charge < -0.3 is 10.1 Å². The molecule has 1 N–H and O–H groups in total. The SMILES string of the molecule is CNC(C)c1ccc(Oc2ccc(Br)cc2Br)c(Br)c1. The Morgan fingerprint density at radius 1 is 0.950 bits per heavy atom. The minimum atomic E-state index is 0.305. The fraction of sp³-hybridized carbons (Fsp3) is 0.200. The van der Waals surface area contributed by atoms with E-state index < -0.39 is 0 Å². The van der Waals surface area contributed by atoms with Crippen molar-refractivity contribution in [2.45, 2.75) is 13.0 Å². The summed E-state index contributed by atoms with van der Waals surface area (Å²) in [7, 11) is 1.95. The lowest BCUT2D eigenvalue weighted by atomic mass is 10.1. The molecule has 0 aromatic heterocycles. The van der Waals surface area contributed by atoms with Gasteiger partial charge in [0.1, 0.15) is 11.5 Å². The molecule has 0 saturated heterocycles. The zero-order chi connectivity index (χ0) is 14.7. The van der Waals surface area contributed by atoms with Gasteiger partial charge in [-0.05, 0) is 81.7 Å². The average Bonchev–Trinajstić information content (AvgIpc) is 2.42. The fourth-order valence-corrected chi connectivity index (χ4v) is 3.32. The molecule has 0 radical (unpaired) electrons. The molecule has 0 aliphatic carbocycles. The summed E-state index contributed by atoms with van der Waals surface area (Å²) in [5, 5.41) is 3.22. The van der Waals surface area contributed by atoms with Crippen LogP contribution < -0.4 is 10.1 Å². The third-order valence-corrected chi connectivity index (χ3v) is 4.74. The molecule has 106 valence electrons. The second-order valence-electron chi connectivity index (χ2n) is 4.38. The Kier molecular flexibility index (Phi) is 5.66. The Balaban J connectivity index is 2.25. The predicted octanol–water partition coefficient (Wildman–Crippen LogP) is 6.05. The van der Waals surface area contributed by atoms with Crippen molar-refractivity contribution >= 4 is 47.8 Å². The van der Waals surface area contributed by atoms with E-state index >= 15 is 0 Å². The van der Waals surface area contributed by atoms with E-state index in [0.717, 1.165) is 24.9 Å². The van der Waals surface area contributed by atoms with E-state index in [1.165, 1.54) is 5.56 Å². The van der Waals surface area contributed by atoms with Crippen LogP contribution in [-0.4, -0.2) is 7.05 Å². The molecule has 2 aromatic carbocycles. The molecule has 1 atom stereocenters. The summed E-state index contributed by atoms with van der Waals surface area (Å²) in [6.07, 6.45) is 0. The zero-order valence-electron chi connectivity index (χ0n) is 11.1. The summed E-state index contributed by atoms with van der Waals surface area (Å²) in [6, 6.07) is 12.2. The van der Waals surface area contributed by atoms with E-state index in [-0.39, 0.29) is 0 Å². The summed E-state index contributed by atoms with van der Waals surface area (Å²) in [5.41, 5.74) is 1.21. The minimum Gasteiger partial charge on any atom is -0.455 e. The van der Waals surface area contributed by atoms with Gasteiger partial charge in [0, 0.05) is 10.5 Å². The summed E-state index contributed by atoms with van der Waals surface area (Å²) in [4.78, 5) is 0. The number of nitrogens with one attached hydrogen (secondary N) is 1. The van der Waals surface area contributed by atoms with Crippen molar-refractivity contribution in [1.82, 2.24) is 5.32 Å². The van der Waals surface area contributed by atoms with Gasteiger partial charge in [0.15, 0.2) is 0 Å². The van der Waals surface area contributed by atoms with Gasteiger partial charge in [0.25, 0.3) is 0 Å². The lowest BCUT2D eigenvalue weighted by Gasteiger charge is -2.14. The lowest BCUT2D eigenvalue weighted by Crippen LogP contribution is -2.12. The van der Waals surface area contributed by atoms with E-state index in [1.54, 1.807) is 0 Å². The number of hydrogen-bond donors (Lipinski definition) is 1. The summed E-state index contributed by atoms with van der Waals surface area (Å²) >= 11 is 10.5. The first-order chi connectivity index (χ1) is 9.51. The molecule has 5 heteroatoms. The van der Waals surface area contributed by atoms with E-state index in [4.69, 9.17) is 4.74 Å². The van der Waals surface area contributed by atoms with Crippen LogP contribution in [0.5, 0.6) is 11.5 Å². The number of ether oxygens (including phenoxy) is 1. The van der Waals surface area contributed by atoms with Crippen molar-refractivity contribution in [1.29, 1.82) is 0 Å². The van der Waals surface area contributed by atoms with Gasteiger partial charge in [-0.3, -0.25) is 0 Å². The maximum absolute atomic E-state index is 5.93. The van der Waals surface area contributed by atoms with Crippen LogP contribution in [0.25, 0.3) is 0 Å². The normalized spacial score (nSPS) is 12.2. The van der Waals surface area contributed by atoms with Gasteiger partial charge in [-0.2, -0.15) is 0 Å². The molecule has 0 bridgehead atoms. The van der Waals surface area contributed by atoms with Crippen LogP contribution in [0.2, 0.25) is 0 Å². The highest BCUT2D eigenvalue weighted by Gasteiger charge is 2.09. The molecule has 2 aromatic rings. The molecule has 0 heterocycles. The van der Waals surface area contributed by atoms with Gasteiger partial charge in [0.05, 0.1) is 8.95 Å². The first-order valence-corrected chi connectivity index (χ1v) is 8.48. The molecule has 0 amide bonds. The first-order valence-electron chi connectivity index (χ1n) is 6.11. The molecule has 0 spiro atoms. The van der Waals surface area contributed by atoms with Crippen LogP contribution in [0.1, 0.15) is 18.5 Å². The molecule has 0 saturated carbocycles. The van der Waals surface area contributed by atoms with Crippen LogP contribution in [0.3, 0.4) is 0 Å². The van der Waals surface area contributed by atoms with Gasteiger partial charge in [-0.15, -0.1) is 0 Å². The summed E-state index contributed by atoms with van der Waals surface area (Å²) in [6.45, 7) is 2.12. The van der Waals surface area contributed by atoms with Crippen LogP contribution in [0.15, 0.2) is 49.8 Å². The van der Waals surface area contributed by atoms with Gasteiger partial charge in [-0.1, -0.05) is 22.0 Å². The zero-order valence-corrected chi connectivity index (χ0v) is 15.8. The van der Waals surface area contributed by atoms with Crippen molar-refractivity contribution in [3.05, 3.63) is 55.4 Å². The van der Waals surface area contributed by atoms with Gasteiger partial charge in [-0.25, -0.2) is 0 Å². The molecule has 0 aliphatic rings. The smallest absolute Gasteiger partial charge is 0.141 e. The highest BCUT2D eigenvalue weighted by Crippen LogP contribution is 2.36. The average molecular weight is 464 g/mol. The van der Waals surface area contributed by atoms with E-state index in [2.05, 4.69) is 72.2 Å². The number of hydrogen-bond acceptors (Lipinski definition) is 2. The monoisotopic (exact) mass is 461 g/mol. The largest absolute Gasteiger partial charge is 0.455 e. The summed E-state index contributed by atoms with van der Waals surface area (Å²) < 4.78 is 8.78. The highest BCUT2D eigenvalue weighted by atomic mass is 79.9. The summed E-state index contributed by atoms with van der Waals surface area (Å²) in [5.74, 6) is 1.57. The minimum absolute atomic E-state index is 0.305. The van der Waals surface area contributed by atoms with Crippen molar-refractivity contribution in [3.8, 4) is 11.5 Å². The molecule has 20 heavy (non-hydrogen) atoms. The number of rotatable bonds is 4. The van der Waals surface area contributed by atoms with Crippen LogP contribution in [0.4, 0.5) is 0 Å². The van der Waals surface area contributed by atoms with Gasteiger partial charge in [0.2, 0.25) is 0 Å². The van der Waals surface area contributed by atoms with E-state index in [0.29, 0.717) is 6.04 Å². The molecule has 2 rings (SSSR count). The van der Waals surface area contributed by atoms with Crippen LogP contribution >= 0.6 is 47.8 Å². The second kappa shape index (κ2) is 7.07. The quantitative estimate of drug-likeness (QED) is 0.596. The van der Waals surface area contributed by atoms with Gasteiger partial charge >= 0.3 is 0 Å². The third-order valence-electron chi connectivity index (χ3n) is 3.00. The highest BCUT2D eigenvalue weighted by molar-refractivity contribution is 9.11. The predicted molar refractivity (Wildman–Crippen MR) is 93.5 cm³/mol. The Labute approximate surface area is 144 Å². The lowest BCUT2D eigenvalue weighted by molar-refractivity contribution is 0.476. The topological polar surface area (TPSA) is 21.3 Å². The molecule has 1 unspecified atom stereocenters. The standard InChI is InChI=1S/C15H14Br3NO/c1-9(19-2)10-3-5-14(12(17)7-10)20-15-6-4-11(16)8-13(15)18/h3-9,19H,1-2H3. The van der Waals surface area contributed by atoms with Crippen LogP contribution in [0, 0.1) is 0 Å². The van der Waals surface area contributed by atoms with E-state index in [9.17, 15) is 0 Å². The second-order valence-corrected chi connectivity index (χ2v) is 7.00. The van der Waals surface area contributed by atoms with E-state index in [1.807, 2.05) is 31.3 Å². The Bertz CT molecular complexity index is 616. The fourth-order valence-electron chi connectivity index (χ4n) is 1.71. The molecule has 2 nitrogen and oxygen atoms in total. The first kappa shape index (κ1) is 16.0. The molecular formula is C15H14Br3NO. The number of halogens is 3. The molecular weight excluding hydrogens is 450 g/mol. The number of benzene rings is 2. The van der Waals surface area contributed by atoms with Crippen molar-refractivity contribution < 1.29 is 4.74 Å². The maximum Gasteiger partial charge on any atom is 0.141 e. The Morgan fingerprint density at radius 3 is 2.10 bits per heavy atom. The van der Waals surface area contributed by atoms with Crippen molar-refractivity contribution in [2.75, 3.05) is 7.05 Å². The van der Waals surface area contributed by atoms with Crippen LogP contribution in [-0.2, 0) is 0 Å². The Hall–Kier alpha value is -0.360. The maximum atomic E-state index is 5.93. The third kappa shape index (κ3) is 3.85. The molecule has 0 fully saturated rings. The molecule has 0 aliphatic heterocycles. The Morgan fingerprint density at radius 2 is 1.55 bits per heavy atom. The van der Waals surface area contributed by atoms with Crippen molar-refractivity contribution in [3.63, 3.8) is 0 Å².